The van der Waals surface area contributed by atoms with Crippen molar-refractivity contribution < 1.29 is 9.84 Å². The SMILES string of the molecule is COc1cccc(Cl)c1C(O)CNC(C)C. The number of halogens is 1. The summed E-state index contributed by atoms with van der Waals surface area (Å²) in [4.78, 5) is 0. The van der Waals surface area contributed by atoms with Gasteiger partial charge < -0.3 is 15.2 Å². The molecule has 0 fully saturated rings. The van der Waals surface area contributed by atoms with Crippen LogP contribution >= 0.6 is 11.6 Å². The van der Waals surface area contributed by atoms with Gasteiger partial charge in [0.15, 0.2) is 0 Å². The van der Waals surface area contributed by atoms with Crippen molar-refractivity contribution in [2.45, 2.75) is 26.0 Å². The zero-order chi connectivity index (χ0) is 12.1. The molecule has 0 aliphatic heterocycles. The summed E-state index contributed by atoms with van der Waals surface area (Å²) in [5.41, 5.74) is 0.639. The van der Waals surface area contributed by atoms with Gasteiger partial charge in [0.05, 0.1) is 18.2 Å². The van der Waals surface area contributed by atoms with E-state index >= 15 is 0 Å². The third-order valence-corrected chi connectivity index (χ3v) is 2.62. The number of methoxy groups -OCH3 is 1. The first-order valence-corrected chi connectivity index (χ1v) is 5.68. The molecule has 0 radical (unpaired) electrons. The first kappa shape index (κ1) is 13.3. The van der Waals surface area contributed by atoms with Crippen LogP contribution in [0.4, 0.5) is 0 Å². The Morgan fingerprint density at radius 1 is 1.44 bits per heavy atom. The molecule has 0 heterocycles. The molecule has 2 N–H and O–H groups in total. The van der Waals surface area contributed by atoms with E-state index in [4.69, 9.17) is 16.3 Å². The average Bonchev–Trinajstić information content (AvgIpc) is 2.25. The van der Waals surface area contributed by atoms with E-state index < -0.39 is 6.10 Å². The van der Waals surface area contributed by atoms with Crippen molar-refractivity contribution in [2.75, 3.05) is 13.7 Å². The molecule has 1 unspecified atom stereocenters. The molecule has 0 bridgehead atoms. The highest BCUT2D eigenvalue weighted by molar-refractivity contribution is 6.31. The zero-order valence-corrected chi connectivity index (χ0v) is 10.6. The lowest BCUT2D eigenvalue weighted by Crippen LogP contribution is -2.28. The number of aliphatic hydroxyl groups excluding tert-OH is 1. The topological polar surface area (TPSA) is 41.5 Å². The molecular weight excluding hydrogens is 226 g/mol. The van der Waals surface area contributed by atoms with Crippen LogP contribution in [0.1, 0.15) is 25.5 Å². The Kier molecular flexibility index (Phi) is 5.06. The van der Waals surface area contributed by atoms with Gasteiger partial charge in [-0.15, -0.1) is 0 Å². The Morgan fingerprint density at radius 3 is 2.69 bits per heavy atom. The van der Waals surface area contributed by atoms with Gasteiger partial charge in [0.25, 0.3) is 0 Å². The predicted molar refractivity (Wildman–Crippen MR) is 66.1 cm³/mol. The maximum Gasteiger partial charge on any atom is 0.126 e. The molecule has 16 heavy (non-hydrogen) atoms. The van der Waals surface area contributed by atoms with Crippen LogP contribution < -0.4 is 10.1 Å². The summed E-state index contributed by atoms with van der Waals surface area (Å²) in [7, 11) is 1.57. The standard InChI is InChI=1S/C12H18ClNO2/c1-8(2)14-7-10(15)12-9(13)5-4-6-11(12)16-3/h4-6,8,10,14-15H,7H2,1-3H3. The van der Waals surface area contributed by atoms with Gasteiger partial charge in [-0.25, -0.2) is 0 Å². The summed E-state index contributed by atoms with van der Waals surface area (Å²) < 4.78 is 5.18. The molecular formula is C12H18ClNO2. The molecule has 0 spiro atoms. The monoisotopic (exact) mass is 243 g/mol. The summed E-state index contributed by atoms with van der Waals surface area (Å²) >= 11 is 6.05. The van der Waals surface area contributed by atoms with Crippen LogP contribution in [0.2, 0.25) is 5.02 Å². The minimum absolute atomic E-state index is 0.322. The minimum Gasteiger partial charge on any atom is -0.496 e. The van der Waals surface area contributed by atoms with Gasteiger partial charge in [-0.2, -0.15) is 0 Å². The maximum atomic E-state index is 10.0. The van der Waals surface area contributed by atoms with E-state index in [1.54, 1.807) is 25.3 Å². The van der Waals surface area contributed by atoms with Gasteiger partial charge in [-0.3, -0.25) is 0 Å². The van der Waals surface area contributed by atoms with E-state index in [1.165, 1.54) is 0 Å². The van der Waals surface area contributed by atoms with Crippen LogP contribution in [0.3, 0.4) is 0 Å². The van der Waals surface area contributed by atoms with Crippen molar-refractivity contribution in [3.8, 4) is 5.75 Å². The van der Waals surface area contributed by atoms with Gasteiger partial charge in [-0.1, -0.05) is 31.5 Å². The van der Waals surface area contributed by atoms with E-state index in [0.29, 0.717) is 28.9 Å². The summed E-state index contributed by atoms with van der Waals surface area (Å²) in [5, 5.41) is 13.7. The van der Waals surface area contributed by atoms with E-state index in [-0.39, 0.29) is 0 Å². The Labute approximate surface area is 101 Å². The van der Waals surface area contributed by atoms with Gasteiger partial charge >= 0.3 is 0 Å². The lowest BCUT2D eigenvalue weighted by Gasteiger charge is -2.18. The summed E-state index contributed by atoms with van der Waals surface area (Å²) in [6.07, 6.45) is -0.661. The van der Waals surface area contributed by atoms with Crippen molar-refractivity contribution in [3.63, 3.8) is 0 Å². The smallest absolute Gasteiger partial charge is 0.126 e. The van der Waals surface area contributed by atoms with Gasteiger partial charge in [0.1, 0.15) is 5.75 Å². The number of benzene rings is 1. The van der Waals surface area contributed by atoms with Crippen LogP contribution in [0.15, 0.2) is 18.2 Å². The summed E-state index contributed by atoms with van der Waals surface area (Å²) in [5.74, 6) is 0.616. The zero-order valence-electron chi connectivity index (χ0n) is 9.83. The van der Waals surface area contributed by atoms with Crippen LogP contribution in [0, 0.1) is 0 Å². The number of hydrogen-bond donors (Lipinski definition) is 2. The molecule has 0 aliphatic carbocycles. The fraction of sp³-hybridized carbons (Fsp3) is 0.500. The molecule has 1 aromatic rings. The third-order valence-electron chi connectivity index (χ3n) is 2.29. The molecule has 90 valence electrons. The van der Waals surface area contributed by atoms with E-state index in [9.17, 15) is 5.11 Å². The van der Waals surface area contributed by atoms with Crippen molar-refractivity contribution in [2.24, 2.45) is 0 Å². The largest absolute Gasteiger partial charge is 0.496 e. The first-order valence-electron chi connectivity index (χ1n) is 5.30. The Bertz CT molecular complexity index is 342. The predicted octanol–water partition coefficient (Wildman–Crippen LogP) is 2.38. The molecule has 4 heteroatoms. The number of aliphatic hydroxyl groups is 1. The normalized spacial score (nSPS) is 12.9. The molecule has 3 nitrogen and oxygen atoms in total. The fourth-order valence-electron chi connectivity index (χ4n) is 1.47. The Balaban J connectivity index is 2.84. The molecule has 0 aliphatic rings. The van der Waals surface area contributed by atoms with Crippen LogP contribution in [-0.4, -0.2) is 24.8 Å². The number of hydrogen-bond acceptors (Lipinski definition) is 3. The van der Waals surface area contributed by atoms with Crippen molar-refractivity contribution >= 4 is 11.6 Å². The quantitative estimate of drug-likeness (QED) is 0.835. The van der Waals surface area contributed by atoms with E-state index in [0.717, 1.165) is 0 Å². The second kappa shape index (κ2) is 6.09. The Morgan fingerprint density at radius 2 is 2.12 bits per heavy atom. The van der Waals surface area contributed by atoms with Crippen molar-refractivity contribution in [1.82, 2.24) is 5.32 Å². The van der Waals surface area contributed by atoms with E-state index in [1.807, 2.05) is 13.8 Å². The highest BCUT2D eigenvalue weighted by Gasteiger charge is 2.16. The number of nitrogens with one attached hydrogen (secondary N) is 1. The molecule has 1 aromatic carbocycles. The number of rotatable bonds is 5. The van der Waals surface area contributed by atoms with Gasteiger partial charge in [-0.05, 0) is 12.1 Å². The highest BCUT2D eigenvalue weighted by Crippen LogP contribution is 2.31. The second-order valence-corrected chi connectivity index (χ2v) is 4.34. The maximum absolute atomic E-state index is 10.0. The molecule has 0 saturated carbocycles. The lowest BCUT2D eigenvalue weighted by atomic mass is 10.1. The summed E-state index contributed by atoms with van der Waals surface area (Å²) in [6, 6.07) is 5.66. The summed E-state index contributed by atoms with van der Waals surface area (Å²) in [6.45, 7) is 4.50. The van der Waals surface area contributed by atoms with Crippen LogP contribution in [0.25, 0.3) is 0 Å². The molecule has 0 aromatic heterocycles. The van der Waals surface area contributed by atoms with Crippen LogP contribution in [-0.2, 0) is 0 Å². The molecule has 1 atom stereocenters. The second-order valence-electron chi connectivity index (χ2n) is 3.93. The number of ether oxygens (including phenoxy) is 1. The lowest BCUT2D eigenvalue weighted by molar-refractivity contribution is 0.167. The third kappa shape index (κ3) is 3.37. The first-order chi connectivity index (χ1) is 7.56. The van der Waals surface area contributed by atoms with Gasteiger partial charge in [0.2, 0.25) is 0 Å². The van der Waals surface area contributed by atoms with Gasteiger partial charge in [0, 0.05) is 18.2 Å². The molecule has 1 rings (SSSR count). The van der Waals surface area contributed by atoms with Crippen molar-refractivity contribution in [3.05, 3.63) is 28.8 Å². The molecule has 0 amide bonds. The highest BCUT2D eigenvalue weighted by atomic mass is 35.5. The van der Waals surface area contributed by atoms with Crippen LogP contribution in [0.5, 0.6) is 5.75 Å². The minimum atomic E-state index is -0.661. The van der Waals surface area contributed by atoms with Crippen molar-refractivity contribution in [1.29, 1.82) is 0 Å². The average molecular weight is 244 g/mol. The molecule has 0 saturated heterocycles. The van der Waals surface area contributed by atoms with E-state index in [2.05, 4.69) is 5.32 Å². The fourth-order valence-corrected chi connectivity index (χ4v) is 1.76. The Hall–Kier alpha value is -0.770.